The van der Waals surface area contributed by atoms with Crippen LogP contribution in [0.3, 0.4) is 0 Å². The number of hydrogen-bond acceptors (Lipinski definition) is 3. The maximum atomic E-state index is 13.1. The second-order valence-corrected chi connectivity index (χ2v) is 9.08. The number of carbonyl (C=O) groups is 1. The molecule has 1 aliphatic carbocycles. The van der Waals surface area contributed by atoms with E-state index in [4.69, 9.17) is 0 Å². The zero-order valence-corrected chi connectivity index (χ0v) is 17.7. The molecule has 2 aliphatic heterocycles. The van der Waals surface area contributed by atoms with Gasteiger partial charge in [0.2, 0.25) is 0 Å². The molecule has 2 aromatic carbocycles. The molecule has 1 saturated carbocycles. The molecule has 0 N–H and O–H groups in total. The van der Waals surface area contributed by atoms with Crippen molar-refractivity contribution >= 4 is 28.1 Å². The maximum absolute atomic E-state index is 13.1. The van der Waals surface area contributed by atoms with Gasteiger partial charge in [0, 0.05) is 48.2 Å². The highest BCUT2D eigenvalue weighted by Crippen LogP contribution is 2.43. The molecular formula is C25H33N3O. The molecule has 154 valence electrons. The van der Waals surface area contributed by atoms with Gasteiger partial charge in [-0.05, 0) is 62.9 Å². The lowest BCUT2D eigenvalue weighted by Crippen LogP contribution is -2.34. The third-order valence-corrected chi connectivity index (χ3v) is 7.18. The van der Waals surface area contributed by atoms with Crippen molar-refractivity contribution in [3.8, 4) is 0 Å². The lowest BCUT2D eigenvalue weighted by molar-refractivity contribution is 0.0984. The average Bonchev–Trinajstić information content (AvgIpc) is 2.86. The van der Waals surface area contributed by atoms with E-state index in [1.54, 1.807) is 0 Å². The van der Waals surface area contributed by atoms with E-state index in [0.717, 1.165) is 37.4 Å². The molecule has 0 bridgehead atoms. The summed E-state index contributed by atoms with van der Waals surface area (Å²) in [7, 11) is 0. The van der Waals surface area contributed by atoms with Gasteiger partial charge in [-0.25, -0.2) is 0 Å². The first kappa shape index (κ1) is 18.9. The quantitative estimate of drug-likeness (QED) is 0.700. The van der Waals surface area contributed by atoms with Crippen LogP contribution in [0.15, 0.2) is 30.3 Å². The van der Waals surface area contributed by atoms with E-state index in [1.165, 1.54) is 68.1 Å². The Kier molecular flexibility index (Phi) is 5.21. The Morgan fingerprint density at radius 2 is 1.83 bits per heavy atom. The molecule has 0 unspecified atom stereocenters. The van der Waals surface area contributed by atoms with Crippen molar-refractivity contribution in [2.75, 3.05) is 49.1 Å². The van der Waals surface area contributed by atoms with Crippen LogP contribution >= 0.6 is 0 Å². The fourth-order valence-corrected chi connectivity index (χ4v) is 5.24. The number of nitrogens with zero attached hydrogens (tertiary/aromatic N) is 3. The Morgan fingerprint density at radius 1 is 0.966 bits per heavy atom. The Hall–Kier alpha value is -2.07. The zero-order chi connectivity index (χ0) is 19.8. The Labute approximate surface area is 174 Å². The van der Waals surface area contributed by atoms with E-state index in [1.807, 2.05) is 6.07 Å². The van der Waals surface area contributed by atoms with Crippen LogP contribution in [0.2, 0.25) is 0 Å². The Bertz CT molecular complexity index is 904. The summed E-state index contributed by atoms with van der Waals surface area (Å²) < 4.78 is 0. The van der Waals surface area contributed by atoms with Crippen molar-refractivity contribution in [2.24, 2.45) is 5.92 Å². The van der Waals surface area contributed by atoms with Crippen molar-refractivity contribution in [1.82, 2.24) is 4.90 Å². The number of benzene rings is 2. The van der Waals surface area contributed by atoms with Crippen LogP contribution in [0, 0.1) is 5.92 Å². The van der Waals surface area contributed by atoms with Crippen LogP contribution in [0.5, 0.6) is 0 Å². The predicted molar refractivity (Wildman–Crippen MR) is 121 cm³/mol. The molecule has 2 fully saturated rings. The van der Waals surface area contributed by atoms with E-state index in [9.17, 15) is 4.79 Å². The van der Waals surface area contributed by atoms with Gasteiger partial charge in [-0.1, -0.05) is 31.9 Å². The van der Waals surface area contributed by atoms with Crippen molar-refractivity contribution in [1.29, 1.82) is 0 Å². The third-order valence-electron chi connectivity index (χ3n) is 7.18. The molecule has 0 spiro atoms. The summed E-state index contributed by atoms with van der Waals surface area (Å²) in [6, 6.07) is 10.8. The van der Waals surface area contributed by atoms with Crippen LogP contribution in [-0.2, 0) is 0 Å². The van der Waals surface area contributed by atoms with E-state index in [-0.39, 0.29) is 5.91 Å². The smallest absolute Gasteiger partial charge is 0.259 e. The monoisotopic (exact) mass is 391 g/mol. The largest absolute Gasteiger partial charge is 0.370 e. The lowest BCUT2D eigenvalue weighted by atomic mass is 9.85. The van der Waals surface area contributed by atoms with Crippen LogP contribution in [0.25, 0.3) is 10.8 Å². The first-order chi connectivity index (χ1) is 14.3. The molecule has 0 aromatic heterocycles. The number of anilines is 2. The number of rotatable bonds is 6. The van der Waals surface area contributed by atoms with Crippen molar-refractivity contribution in [3.05, 3.63) is 35.9 Å². The zero-order valence-electron chi connectivity index (χ0n) is 17.7. The third kappa shape index (κ3) is 3.42. The summed E-state index contributed by atoms with van der Waals surface area (Å²) in [5, 5.41) is 2.44. The molecular weight excluding hydrogens is 358 g/mol. The molecule has 1 amide bonds. The first-order valence-electron chi connectivity index (χ1n) is 11.6. The first-order valence-corrected chi connectivity index (χ1v) is 11.6. The second kappa shape index (κ2) is 7.98. The van der Waals surface area contributed by atoms with Crippen molar-refractivity contribution < 1.29 is 4.79 Å². The Balaban J connectivity index is 1.44. The van der Waals surface area contributed by atoms with Gasteiger partial charge in [-0.15, -0.1) is 0 Å². The minimum atomic E-state index is 0.205. The van der Waals surface area contributed by atoms with Gasteiger partial charge in [0.1, 0.15) is 0 Å². The van der Waals surface area contributed by atoms with E-state index in [2.05, 4.69) is 45.9 Å². The summed E-state index contributed by atoms with van der Waals surface area (Å²) in [4.78, 5) is 20.4. The summed E-state index contributed by atoms with van der Waals surface area (Å²) in [5.74, 6) is 0.888. The minimum absolute atomic E-state index is 0.205. The molecule has 29 heavy (non-hydrogen) atoms. The van der Waals surface area contributed by atoms with Crippen LogP contribution in [-0.4, -0.2) is 50.1 Å². The fourth-order valence-electron chi connectivity index (χ4n) is 5.24. The molecule has 2 aromatic rings. The molecule has 5 rings (SSSR count). The summed E-state index contributed by atoms with van der Waals surface area (Å²) in [5.41, 5.74) is 3.34. The molecule has 1 saturated heterocycles. The number of amides is 1. The molecule has 3 aliphatic rings. The molecule has 4 heteroatoms. The normalized spacial score (nSPS) is 20.4. The van der Waals surface area contributed by atoms with E-state index >= 15 is 0 Å². The highest BCUT2D eigenvalue weighted by atomic mass is 16.2. The van der Waals surface area contributed by atoms with Gasteiger partial charge in [-0.2, -0.15) is 0 Å². The molecule has 0 radical (unpaired) electrons. The Morgan fingerprint density at radius 3 is 2.62 bits per heavy atom. The standard InChI is InChI=1S/C25H33N3O/c1-2-3-13-26-14-6-15-27(17-16-26)22-11-12-23-24-20(22)9-5-10-21(24)25(29)28(23)18-19-7-4-8-19/h5,9-12,19H,2-4,6-8,13-18H2,1H3. The number of carbonyl (C=O) groups excluding carboxylic acids is 1. The topological polar surface area (TPSA) is 26.8 Å². The minimum Gasteiger partial charge on any atom is -0.370 e. The van der Waals surface area contributed by atoms with Gasteiger partial charge in [-0.3, -0.25) is 4.79 Å². The van der Waals surface area contributed by atoms with Crippen LogP contribution < -0.4 is 9.80 Å². The maximum Gasteiger partial charge on any atom is 0.259 e. The van der Waals surface area contributed by atoms with Gasteiger partial charge in [0.15, 0.2) is 0 Å². The molecule has 0 atom stereocenters. The highest BCUT2D eigenvalue weighted by Gasteiger charge is 2.33. The van der Waals surface area contributed by atoms with Gasteiger partial charge in [0.05, 0.1) is 5.69 Å². The SMILES string of the molecule is CCCCN1CCCN(c2ccc3c4c(cccc24)C(=O)N3CC2CCC2)CC1. The predicted octanol–water partition coefficient (Wildman–Crippen LogP) is 4.91. The number of unbranched alkanes of at least 4 members (excludes halogenated alkanes) is 1. The summed E-state index contributed by atoms with van der Waals surface area (Å²) in [6.45, 7) is 8.88. The highest BCUT2D eigenvalue weighted by molar-refractivity contribution is 6.26. The van der Waals surface area contributed by atoms with Crippen LogP contribution in [0.4, 0.5) is 11.4 Å². The number of hydrogen-bond donors (Lipinski definition) is 0. The second-order valence-electron chi connectivity index (χ2n) is 9.08. The molecule has 2 heterocycles. The van der Waals surface area contributed by atoms with E-state index < -0.39 is 0 Å². The van der Waals surface area contributed by atoms with Gasteiger partial charge in [0.25, 0.3) is 5.91 Å². The van der Waals surface area contributed by atoms with Crippen molar-refractivity contribution in [2.45, 2.75) is 45.4 Å². The fraction of sp³-hybridized carbons (Fsp3) is 0.560. The van der Waals surface area contributed by atoms with Gasteiger partial charge < -0.3 is 14.7 Å². The average molecular weight is 392 g/mol. The van der Waals surface area contributed by atoms with Gasteiger partial charge >= 0.3 is 0 Å². The summed E-state index contributed by atoms with van der Waals surface area (Å²) in [6.07, 6.45) is 7.62. The molecule has 4 nitrogen and oxygen atoms in total. The summed E-state index contributed by atoms with van der Waals surface area (Å²) >= 11 is 0. The van der Waals surface area contributed by atoms with Crippen LogP contribution in [0.1, 0.15) is 55.8 Å². The van der Waals surface area contributed by atoms with E-state index in [0.29, 0.717) is 5.92 Å². The van der Waals surface area contributed by atoms with Crippen molar-refractivity contribution in [3.63, 3.8) is 0 Å². The lowest BCUT2D eigenvalue weighted by Gasteiger charge is -2.31.